The molecule has 8 heteroatoms. The van der Waals surface area contributed by atoms with Crippen LogP contribution in [0.1, 0.15) is 25.6 Å². The average Bonchev–Trinajstić information content (AvgIpc) is 2.89. The van der Waals surface area contributed by atoms with Crippen LogP contribution in [0.25, 0.3) is 0 Å². The second kappa shape index (κ2) is 9.33. The third kappa shape index (κ3) is 4.90. The van der Waals surface area contributed by atoms with Crippen LogP contribution in [-0.4, -0.2) is 61.1 Å². The van der Waals surface area contributed by atoms with Gasteiger partial charge in [0.15, 0.2) is 5.11 Å². The first-order valence-corrected chi connectivity index (χ1v) is 8.71. The van der Waals surface area contributed by atoms with Gasteiger partial charge in [0.1, 0.15) is 5.00 Å². The number of rotatable bonds is 7. The fourth-order valence-electron chi connectivity index (χ4n) is 2.08. The molecule has 25 heavy (non-hydrogen) atoms. The molecule has 0 unspecified atom stereocenters. The Bertz CT molecular complexity index is 686. The van der Waals surface area contributed by atoms with Crippen LogP contribution in [0.15, 0.2) is 25.3 Å². The van der Waals surface area contributed by atoms with E-state index in [1.807, 2.05) is 4.90 Å². The summed E-state index contributed by atoms with van der Waals surface area (Å²) in [6, 6.07) is 0. The van der Waals surface area contributed by atoms with E-state index in [-0.39, 0.29) is 5.91 Å². The standard InChI is InChI=1S/C17H23N3O3S2/c1-7-9-20(10-8-2)17(24)18-14-12(16(22)23-6)11(3)13(25-14)15(21)19(4)5/h7-8H,1-2,9-10H2,3-6H3,(H,18,24). The smallest absolute Gasteiger partial charge is 0.341 e. The maximum Gasteiger partial charge on any atom is 0.341 e. The van der Waals surface area contributed by atoms with Crippen molar-refractivity contribution in [2.75, 3.05) is 39.6 Å². The molecule has 1 heterocycles. The van der Waals surface area contributed by atoms with Crippen molar-refractivity contribution in [1.29, 1.82) is 0 Å². The van der Waals surface area contributed by atoms with Gasteiger partial charge in [-0.25, -0.2) is 4.79 Å². The van der Waals surface area contributed by atoms with E-state index in [2.05, 4.69) is 18.5 Å². The molecule has 0 radical (unpaired) electrons. The fourth-order valence-corrected chi connectivity index (χ4v) is 3.62. The molecular weight excluding hydrogens is 358 g/mol. The predicted molar refractivity (Wildman–Crippen MR) is 107 cm³/mol. The van der Waals surface area contributed by atoms with E-state index in [1.165, 1.54) is 23.3 Å². The van der Waals surface area contributed by atoms with Gasteiger partial charge in [-0.3, -0.25) is 4.79 Å². The molecule has 0 bridgehead atoms. The van der Waals surface area contributed by atoms with Crippen molar-refractivity contribution in [2.24, 2.45) is 0 Å². The molecule has 0 spiro atoms. The van der Waals surface area contributed by atoms with Crippen LogP contribution in [0, 0.1) is 6.92 Å². The summed E-state index contributed by atoms with van der Waals surface area (Å²) in [4.78, 5) is 28.3. The van der Waals surface area contributed by atoms with Gasteiger partial charge in [-0.1, -0.05) is 12.2 Å². The van der Waals surface area contributed by atoms with Crippen molar-refractivity contribution in [1.82, 2.24) is 9.80 Å². The molecule has 0 aliphatic carbocycles. The first-order chi connectivity index (χ1) is 11.8. The molecule has 0 saturated heterocycles. The highest BCUT2D eigenvalue weighted by Gasteiger charge is 2.27. The van der Waals surface area contributed by atoms with Gasteiger partial charge >= 0.3 is 5.97 Å². The van der Waals surface area contributed by atoms with Crippen molar-refractivity contribution < 1.29 is 14.3 Å². The van der Waals surface area contributed by atoms with Crippen LogP contribution in [0.3, 0.4) is 0 Å². The van der Waals surface area contributed by atoms with Crippen molar-refractivity contribution >= 4 is 45.5 Å². The number of thiocarbonyl (C=S) groups is 1. The van der Waals surface area contributed by atoms with E-state index in [0.717, 1.165) is 0 Å². The second-order valence-electron chi connectivity index (χ2n) is 5.36. The number of carbonyl (C=O) groups excluding carboxylic acids is 2. The molecular formula is C17H23N3O3S2. The Morgan fingerprint density at radius 2 is 1.84 bits per heavy atom. The summed E-state index contributed by atoms with van der Waals surface area (Å²) in [7, 11) is 4.62. The number of esters is 1. The summed E-state index contributed by atoms with van der Waals surface area (Å²) < 4.78 is 4.86. The minimum atomic E-state index is -0.518. The maximum absolute atomic E-state index is 12.4. The van der Waals surface area contributed by atoms with E-state index in [4.69, 9.17) is 17.0 Å². The lowest BCUT2D eigenvalue weighted by molar-refractivity contribution is 0.0601. The summed E-state index contributed by atoms with van der Waals surface area (Å²) in [6.45, 7) is 10.2. The molecule has 1 rings (SSSR count). The Balaban J connectivity index is 3.28. The molecule has 6 nitrogen and oxygen atoms in total. The number of thiophene rings is 1. The van der Waals surface area contributed by atoms with Crippen LogP contribution in [0.4, 0.5) is 5.00 Å². The van der Waals surface area contributed by atoms with E-state index in [1.54, 1.807) is 33.2 Å². The normalized spacial score (nSPS) is 9.92. The molecule has 1 aromatic rings. The topological polar surface area (TPSA) is 61.9 Å². The lowest BCUT2D eigenvalue weighted by Gasteiger charge is -2.22. The first-order valence-electron chi connectivity index (χ1n) is 7.49. The molecule has 0 saturated carbocycles. The molecule has 1 amide bonds. The maximum atomic E-state index is 12.4. The fraction of sp³-hybridized carbons (Fsp3) is 0.353. The van der Waals surface area contributed by atoms with Crippen molar-refractivity contribution in [3.05, 3.63) is 41.3 Å². The Morgan fingerprint density at radius 3 is 2.28 bits per heavy atom. The van der Waals surface area contributed by atoms with Crippen LogP contribution >= 0.6 is 23.6 Å². The van der Waals surface area contributed by atoms with Gasteiger partial charge < -0.3 is 19.9 Å². The van der Waals surface area contributed by atoms with Crippen LogP contribution in [-0.2, 0) is 4.74 Å². The third-order valence-electron chi connectivity index (χ3n) is 3.34. The minimum Gasteiger partial charge on any atom is -0.465 e. The summed E-state index contributed by atoms with van der Waals surface area (Å²) in [5, 5.41) is 3.96. The molecule has 1 aromatic heterocycles. The largest absolute Gasteiger partial charge is 0.465 e. The lowest BCUT2D eigenvalue weighted by Crippen LogP contribution is -2.35. The van der Waals surface area contributed by atoms with Crippen LogP contribution in [0.5, 0.6) is 0 Å². The van der Waals surface area contributed by atoms with Crippen molar-refractivity contribution in [2.45, 2.75) is 6.92 Å². The highest BCUT2D eigenvalue weighted by molar-refractivity contribution is 7.80. The first kappa shape index (κ1) is 20.9. The highest BCUT2D eigenvalue weighted by Crippen LogP contribution is 2.34. The Labute approximate surface area is 157 Å². The van der Waals surface area contributed by atoms with Gasteiger partial charge in [-0.2, -0.15) is 0 Å². The summed E-state index contributed by atoms with van der Waals surface area (Å²) in [6.07, 6.45) is 3.44. The third-order valence-corrected chi connectivity index (χ3v) is 4.90. The van der Waals surface area contributed by atoms with E-state index in [9.17, 15) is 9.59 Å². The second-order valence-corrected chi connectivity index (χ2v) is 6.77. The van der Waals surface area contributed by atoms with Crippen molar-refractivity contribution in [3.8, 4) is 0 Å². The number of anilines is 1. The Kier molecular flexibility index (Phi) is 7.79. The molecule has 0 fully saturated rings. The zero-order chi connectivity index (χ0) is 19.1. The molecule has 0 aliphatic rings. The molecule has 136 valence electrons. The molecule has 0 atom stereocenters. The number of amides is 1. The van der Waals surface area contributed by atoms with Crippen molar-refractivity contribution in [3.63, 3.8) is 0 Å². The average molecular weight is 382 g/mol. The number of ether oxygens (including phenoxy) is 1. The number of nitrogens with one attached hydrogen (secondary N) is 1. The molecule has 1 N–H and O–H groups in total. The number of methoxy groups -OCH3 is 1. The monoisotopic (exact) mass is 381 g/mol. The van der Waals surface area contributed by atoms with Gasteiger partial charge in [-0.15, -0.1) is 24.5 Å². The number of hydrogen-bond acceptors (Lipinski definition) is 5. The molecule has 0 aliphatic heterocycles. The predicted octanol–water partition coefficient (Wildman–Crippen LogP) is 2.92. The minimum absolute atomic E-state index is 0.180. The Morgan fingerprint density at radius 1 is 1.28 bits per heavy atom. The lowest BCUT2D eigenvalue weighted by atomic mass is 10.1. The number of hydrogen-bond donors (Lipinski definition) is 1. The highest BCUT2D eigenvalue weighted by atomic mass is 32.1. The van der Waals surface area contributed by atoms with Gasteiger partial charge in [-0.05, 0) is 24.7 Å². The van der Waals surface area contributed by atoms with E-state index < -0.39 is 5.97 Å². The Hall–Kier alpha value is -2.19. The number of carbonyl (C=O) groups is 2. The summed E-state index contributed by atoms with van der Waals surface area (Å²) in [5.41, 5.74) is 0.886. The van der Waals surface area contributed by atoms with Gasteiger partial charge in [0.2, 0.25) is 0 Å². The van der Waals surface area contributed by atoms with Gasteiger partial charge in [0.25, 0.3) is 5.91 Å². The summed E-state index contributed by atoms with van der Waals surface area (Å²) >= 11 is 6.60. The van der Waals surface area contributed by atoms with Crippen LogP contribution < -0.4 is 5.32 Å². The van der Waals surface area contributed by atoms with E-state index in [0.29, 0.717) is 39.2 Å². The van der Waals surface area contributed by atoms with Gasteiger partial charge in [0, 0.05) is 27.2 Å². The number of nitrogens with zero attached hydrogens (tertiary/aromatic N) is 2. The van der Waals surface area contributed by atoms with Gasteiger partial charge in [0.05, 0.1) is 17.6 Å². The van der Waals surface area contributed by atoms with Crippen LogP contribution in [0.2, 0.25) is 0 Å². The SMILES string of the molecule is C=CCN(CC=C)C(=S)Nc1sc(C(=O)N(C)C)c(C)c1C(=O)OC. The molecule has 0 aromatic carbocycles. The quantitative estimate of drug-likeness (QED) is 0.445. The zero-order valence-corrected chi connectivity index (χ0v) is 16.6. The van der Waals surface area contributed by atoms with E-state index >= 15 is 0 Å². The zero-order valence-electron chi connectivity index (χ0n) is 14.9. The summed E-state index contributed by atoms with van der Waals surface area (Å²) in [5.74, 6) is -0.698.